The number of hydrogen-bond acceptors (Lipinski definition) is 10. The van der Waals surface area contributed by atoms with Crippen LogP contribution in [0.15, 0.2) is 42.6 Å². The van der Waals surface area contributed by atoms with Gasteiger partial charge in [0.1, 0.15) is 11.3 Å². The number of rotatable bonds is 9. The van der Waals surface area contributed by atoms with Crippen LogP contribution >= 0.6 is 11.6 Å². The van der Waals surface area contributed by atoms with Crippen LogP contribution < -0.4 is 20.9 Å². The summed E-state index contributed by atoms with van der Waals surface area (Å²) in [5.74, 6) is 0.901. The van der Waals surface area contributed by atoms with Crippen molar-refractivity contribution >= 4 is 62.5 Å². The van der Waals surface area contributed by atoms with Crippen LogP contribution in [0.5, 0.6) is 0 Å². The minimum absolute atomic E-state index is 0.182. The van der Waals surface area contributed by atoms with E-state index in [0.717, 1.165) is 64.1 Å². The van der Waals surface area contributed by atoms with Crippen LogP contribution in [0.1, 0.15) is 63.8 Å². The Balaban J connectivity index is 1.02. The van der Waals surface area contributed by atoms with Gasteiger partial charge in [-0.3, -0.25) is 14.2 Å². The summed E-state index contributed by atoms with van der Waals surface area (Å²) in [5.41, 5.74) is 4.68. The lowest BCUT2D eigenvalue weighted by Crippen LogP contribution is -2.46. The minimum Gasteiger partial charge on any atom is -0.390 e. The molecule has 2 unspecified atom stereocenters. The van der Waals surface area contributed by atoms with Crippen LogP contribution in [0.3, 0.4) is 0 Å². The Morgan fingerprint density at radius 3 is 2.58 bits per heavy atom. The average molecular weight is 701 g/mol. The number of piperidine rings is 2. The van der Waals surface area contributed by atoms with Crippen LogP contribution in [0.4, 0.5) is 23.1 Å². The maximum absolute atomic E-state index is 12.6. The first-order valence-corrected chi connectivity index (χ1v) is 17.7. The fourth-order valence-electron chi connectivity index (χ4n) is 7.14. The zero-order chi connectivity index (χ0) is 35.3. The Morgan fingerprint density at radius 2 is 1.82 bits per heavy atom. The molecule has 5 heterocycles. The number of amides is 1. The highest BCUT2D eigenvalue weighted by atomic mass is 35.5. The van der Waals surface area contributed by atoms with Gasteiger partial charge < -0.3 is 31.1 Å². The fraction of sp³-hybridized carbons (Fsp3) is 0.472. The molecule has 3 aromatic heterocycles. The van der Waals surface area contributed by atoms with E-state index in [9.17, 15) is 15.0 Å². The number of nitrogens with one attached hydrogen (secondary N) is 3. The van der Waals surface area contributed by atoms with Gasteiger partial charge in [0.25, 0.3) is 0 Å². The lowest BCUT2D eigenvalue weighted by atomic mass is 9.92. The molecule has 5 aromatic rings. The Labute approximate surface area is 296 Å². The van der Waals surface area contributed by atoms with Crippen molar-refractivity contribution in [2.24, 2.45) is 13.0 Å². The van der Waals surface area contributed by atoms with E-state index in [1.165, 1.54) is 0 Å². The number of carbonyl (C=O) groups is 1. The first-order chi connectivity index (χ1) is 23.8. The summed E-state index contributed by atoms with van der Waals surface area (Å²) in [7, 11) is 1.90. The zero-order valence-corrected chi connectivity index (χ0v) is 29.9. The lowest BCUT2D eigenvalue weighted by molar-refractivity contribution is -0.128. The molecule has 50 heavy (non-hydrogen) atoms. The predicted molar refractivity (Wildman–Crippen MR) is 196 cm³/mol. The molecule has 2 fully saturated rings. The van der Waals surface area contributed by atoms with E-state index in [1.54, 1.807) is 20.0 Å². The summed E-state index contributed by atoms with van der Waals surface area (Å²) in [6, 6.07) is 12.5. The van der Waals surface area contributed by atoms with E-state index in [-0.39, 0.29) is 17.9 Å². The molecule has 0 aliphatic carbocycles. The van der Waals surface area contributed by atoms with Crippen LogP contribution in [0, 0.1) is 12.8 Å². The molecule has 2 aromatic carbocycles. The first kappa shape index (κ1) is 34.0. The lowest BCUT2D eigenvalue weighted by Gasteiger charge is -2.37. The van der Waals surface area contributed by atoms with Gasteiger partial charge in [-0.05, 0) is 88.8 Å². The van der Waals surface area contributed by atoms with Gasteiger partial charge >= 0.3 is 0 Å². The van der Waals surface area contributed by atoms with Crippen molar-refractivity contribution in [3.8, 4) is 0 Å². The van der Waals surface area contributed by atoms with E-state index >= 15 is 0 Å². The molecule has 13 nitrogen and oxygen atoms in total. The summed E-state index contributed by atoms with van der Waals surface area (Å²) >= 11 is 6.59. The van der Waals surface area contributed by atoms with Crippen LogP contribution in [0.2, 0.25) is 5.02 Å². The van der Waals surface area contributed by atoms with Gasteiger partial charge in [0.05, 0.1) is 40.1 Å². The van der Waals surface area contributed by atoms with Crippen molar-refractivity contribution in [2.45, 2.75) is 83.7 Å². The second kappa shape index (κ2) is 13.3. The number of anilines is 4. The summed E-state index contributed by atoms with van der Waals surface area (Å²) in [6.07, 6.45) is 3.41. The van der Waals surface area contributed by atoms with Crippen molar-refractivity contribution in [1.29, 1.82) is 0 Å². The third-order valence-electron chi connectivity index (χ3n) is 9.97. The van der Waals surface area contributed by atoms with Crippen molar-refractivity contribution in [2.75, 3.05) is 28.6 Å². The first-order valence-electron chi connectivity index (χ1n) is 17.3. The van der Waals surface area contributed by atoms with Gasteiger partial charge in [-0.2, -0.15) is 15.2 Å². The molecule has 2 aliphatic heterocycles. The number of carbonyl (C=O) groups excluding carboxylic acids is 1. The normalized spacial score (nSPS) is 21.5. The summed E-state index contributed by atoms with van der Waals surface area (Å²) < 4.78 is 3.77. The van der Waals surface area contributed by atoms with Crippen LogP contribution in [0.25, 0.3) is 21.8 Å². The van der Waals surface area contributed by atoms with Crippen molar-refractivity contribution < 1.29 is 15.0 Å². The molecule has 1 amide bonds. The summed E-state index contributed by atoms with van der Waals surface area (Å²) in [4.78, 5) is 24.2. The molecule has 0 spiro atoms. The van der Waals surface area contributed by atoms with Gasteiger partial charge in [0, 0.05) is 54.9 Å². The number of halogens is 1. The summed E-state index contributed by atoms with van der Waals surface area (Å²) in [6.45, 7) is 9.98. The van der Waals surface area contributed by atoms with Gasteiger partial charge in [0.15, 0.2) is 5.82 Å². The van der Waals surface area contributed by atoms with Gasteiger partial charge in [0.2, 0.25) is 11.9 Å². The molecule has 14 heteroatoms. The van der Waals surface area contributed by atoms with Crippen molar-refractivity contribution in [1.82, 2.24) is 34.8 Å². The SMILES string of the molecule is Cc1nn(CCC(C)(C)O)c2cc(Nc3nc(N4CC[C@@H](Nc5ccc6c(C7CCC(O)NC7=O)nn(C)c6c5)[C@H](C)C4)ncc3Cl)ccc12. The van der Waals surface area contributed by atoms with Crippen LogP contribution in [-0.4, -0.2) is 76.6 Å². The predicted octanol–water partition coefficient (Wildman–Crippen LogP) is 5.22. The van der Waals surface area contributed by atoms with E-state index in [4.69, 9.17) is 26.8 Å². The minimum atomic E-state index is -0.790. The van der Waals surface area contributed by atoms with Crippen molar-refractivity contribution in [3.63, 3.8) is 0 Å². The molecule has 2 aliphatic rings. The Kier molecular flexibility index (Phi) is 9.08. The largest absolute Gasteiger partial charge is 0.390 e. The molecule has 0 saturated carbocycles. The molecular formula is C36H45ClN10O3. The number of aliphatic hydroxyl groups excluding tert-OH is 1. The number of hydrogen-bond donors (Lipinski definition) is 5. The monoisotopic (exact) mass is 700 g/mol. The Morgan fingerprint density at radius 1 is 1.06 bits per heavy atom. The number of aromatic nitrogens is 6. The third kappa shape index (κ3) is 6.94. The molecule has 0 radical (unpaired) electrons. The third-order valence-corrected chi connectivity index (χ3v) is 10.2. The Bertz CT molecular complexity index is 2050. The standard InChI is InChI=1S/C36H45ClN10O3/c1-20-19-46(14-12-28(20)39-22-7-9-25-29(16-22)45(5)44-32(25)26-10-11-31(48)41-34(26)49)35-38-18-27(37)33(42-35)40-23-6-8-24-21(2)43-47(30(24)17-23)15-13-36(3,4)50/h6-9,16-18,20,26,28,31,39,48,50H,10-15,19H2,1-5H3,(H,41,49)(H,38,40,42)/t20-,26?,28-,31?/m1/s1. The smallest absolute Gasteiger partial charge is 0.231 e. The van der Waals surface area contributed by atoms with Crippen LogP contribution in [-0.2, 0) is 18.4 Å². The van der Waals surface area contributed by atoms with Gasteiger partial charge in [-0.15, -0.1) is 0 Å². The molecule has 264 valence electrons. The van der Waals surface area contributed by atoms with Gasteiger partial charge in [-0.25, -0.2) is 4.98 Å². The zero-order valence-electron chi connectivity index (χ0n) is 29.1. The molecule has 2 saturated heterocycles. The van der Waals surface area contributed by atoms with E-state index < -0.39 is 11.8 Å². The van der Waals surface area contributed by atoms with Gasteiger partial charge in [-0.1, -0.05) is 18.5 Å². The number of benzene rings is 2. The number of aryl methyl sites for hydroxylation is 3. The topological polar surface area (TPSA) is 158 Å². The highest BCUT2D eigenvalue weighted by Gasteiger charge is 2.32. The second-order valence-electron chi connectivity index (χ2n) is 14.5. The molecular weight excluding hydrogens is 656 g/mol. The number of nitrogens with zero attached hydrogens (tertiary/aromatic N) is 7. The average Bonchev–Trinajstić information content (AvgIpc) is 3.56. The number of aliphatic hydroxyl groups is 2. The second-order valence-corrected chi connectivity index (χ2v) is 14.9. The molecule has 0 bridgehead atoms. The quantitative estimate of drug-likeness (QED) is 0.138. The maximum Gasteiger partial charge on any atom is 0.231 e. The molecule has 5 N–H and O–H groups in total. The van der Waals surface area contributed by atoms with E-state index in [0.29, 0.717) is 48.5 Å². The fourth-order valence-corrected chi connectivity index (χ4v) is 7.28. The van der Waals surface area contributed by atoms with E-state index in [2.05, 4.69) is 44.9 Å². The maximum atomic E-state index is 12.6. The highest BCUT2D eigenvalue weighted by Crippen LogP contribution is 2.34. The molecule has 4 atom stereocenters. The highest BCUT2D eigenvalue weighted by molar-refractivity contribution is 6.32. The van der Waals surface area contributed by atoms with E-state index in [1.807, 2.05) is 47.6 Å². The molecule has 7 rings (SSSR count). The van der Waals surface area contributed by atoms with Crippen molar-refractivity contribution in [3.05, 3.63) is 59.0 Å². The Hall–Kier alpha value is -4.46. The summed E-state index contributed by atoms with van der Waals surface area (Å²) in [5, 5.41) is 41.7. The number of fused-ring (bicyclic) bond motifs is 2.